The SMILES string of the molecule is COc1ccccc1NC(=O)N[C@@H]1CCC[C@H](OC(=O)Nc2ccc(F)cc2)C1. The number of benzene rings is 2. The third-order valence-corrected chi connectivity index (χ3v) is 4.68. The van der Waals surface area contributed by atoms with Crippen molar-refractivity contribution >= 4 is 23.5 Å². The maximum absolute atomic E-state index is 12.9. The van der Waals surface area contributed by atoms with E-state index >= 15 is 0 Å². The summed E-state index contributed by atoms with van der Waals surface area (Å²) in [5.41, 5.74) is 1.04. The van der Waals surface area contributed by atoms with Crippen molar-refractivity contribution < 1.29 is 23.5 Å². The maximum atomic E-state index is 12.9. The van der Waals surface area contributed by atoms with Crippen LogP contribution >= 0.6 is 0 Å². The first-order valence-corrected chi connectivity index (χ1v) is 9.47. The molecule has 0 radical (unpaired) electrons. The smallest absolute Gasteiger partial charge is 0.411 e. The van der Waals surface area contributed by atoms with Gasteiger partial charge in [-0.3, -0.25) is 5.32 Å². The maximum Gasteiger partial charge on any atom is 0.411 e. The number of carbonyl (C=O) groups excluding carboxylic acids is 2. The molecule has 0 saturated heterocycles. The first kappa shape index (κ1) is 20.4. The molecule has 1 aliphatic rings. The number of nitrogens with one attached hydrogen (secondary N) is 3. The molecule has 2 atom stereocenters. The van der Waals surface area contributed by atoms with E-state index < -0.39 is 6.09 Å². The number of halogens is 1. The van der Waals surface area contributed by atoms with Gasteiger partial charge in [0.05, 0.1) is 12.8 Å². The summed E-state index contributed by atoms with van der Waals surface area (Å²) in [4.78, 5) is 24.4. The molecule has 0 unspecified atom stereocenters. The standard InChI is InChI=1S/C21H24FN3O4/c1-28-19-8-3-2-7-18(19)25-20(26)23-16-5-4-6-17(13-16)29-21(27)24-15-11-9-14(22)10-12-15/h2-3,7-12,16-17H,4-6,13H2,1H3,(H,24,27)(H2,23,25,26)/t16-,17+/m1/s1. The molecule has 1 fully saturated rings. The molecule has 2 aromatic rings. The lowest BCUT2D eigenvalue weighted by Crippen LogP contribution is -2.43. The van der Waals surface area contributed by atoms with Gasteiger partial charge in [0, 0.05) is 18.2 Å². The molecule has 0 spiro atoms. The summed E-state index contributed by atoms with van der Waals surface area (Å²) in [6, 6.07) is 12.1. The monoisotopic (exact) mass is 401 g/mol. The number of urea groups is 1. The van der Waals surface area contributed by atoms with Gasteiger partial charge >= 0.3 is 12.1 Å². The summed E-state index contributed by atoms with van der Waals surface area (Å²) in [7, 11) is 1.54. The van der Waals surface area contributed by atoms with Crippen LogP contribution in [0.1, 0.15) is 25.7 Å². The summed E-state index contributed by atoms with van der Waals surface area (Å²) in [6.07, 6.45) is 1.98. The van der Waals surface area contributed by atoms with E-state index in [4.69, 9.17) is 9.47 Å². The van der Waals surface area contributed by atoms with Crippen molar-refractivity contribution in [3.63, 3.8) is 0 Å². The summed E-state index contributed by atoms with van der Waals surface area (Å²) in [6.45, 7) is 0. The highest BCUT2D eigenvalue weighted by atomic mass is 19.1. The van der Waals surface area contributed by atoms with Gasteiger partial charge < -0.3 is 20.1 Å². The van der Waals surface area contributed by atoms with Crippen molar-refractivity contribution in [1.29, 1.82) is 0 Å². The molecule has 3 rings (SSSR count). The van der Waals surface area contributed by atoms with Crippen LogP contribution in [0.25, 0.3) is 0 Å². The highest BCUT2D eigenvalue weighted by Gasteiger charge is 2.26. The minimum Gasteiger partial charge on any atom is -0.495 e. The van der Waals surface area contributed by atoms with Gasteiger partial charge in [0.2, 0.25) is 0 Å². The van der Waals surface area contributed by atoms with Crippen LogP contribution in [0.4, 0.5) is 25.4 Å². The van der Waals surface area contributed by atoms with E-state index in [2.05, 4.69) is 16.0 Å². The van der Waals surface area contributed by atoms with Gasteiger partial charge in [-0.15, -0.1) is 0 Å². The van der Waals surface area contributed by atoms with Crippen LogP contribution in [0, 0.1) is 5.82 Å². The predicted octanol–water partition coefficient (Wildman–Crippen LogP) is 4.52. The number of hydrogen-bond acceptors (Lipinski definition) is 4. The molecule has 7 nitrogen and oxygen atoms in total. The molecule has 154 valence electrons. The lowest BCUT2D eigenvalue weighted by atomic mass is 9.93. The van der Waals surface area contributed by atoms with Crippen molar-refractivity contribution in [2.45, 2.75) is 37.8 Å². The molecule has 0 aromatic heterocycles. The van der Waals surface area contributed by atoms with Crippen molar-refractivity contribution in [3.8, 4) is 5.75 Å². The fourth-order valence-electron chi connectivity index (χ4n) is 3.31. The second-order valence-corrected chi connectivity index (χ2v) is 6.82. The van der Waals surface area contributed by atoms with E-state index in [0.717, 1.165) is 19.3 Å². The zero-order valence-corrected chi connectivity index (χ0v) is 16.1. The van der Waals surface area contributed by atoms with Crippen LogP contribution in [0.3, 0.4) is 0 Å². The fraction of sp³-hybridized carbons (Fsp3) is 0.333. The van der Waals surface area contributed by atoms with Crippen LogP contribution in [-0.4, -0.2) is 31.4 Å². The van der Waals surface area contributed by atoms with Gasteiger partial charge in [0.25, 0.3) is 0 Å². The summed E-state index contributed by atoms with van der Waals surface area (Å²) >= 11 is 0. The van der Waals surface area contributed by atoms with Gasteiger partial charge in [0.1, 0.15) is 17.7 Å². The number of anilines is 2. The molecule has 1 aliphatic carbocycles. The Balaban J connectivity index is 1.47. The number of methoxy groups -OCH3 is 1. The van der Waals surface area contributed by atoms with E-state index in [0.29, 0.717) is 23.5 Å². The third kappa shape index (κ3) is 6.10. The molecule has 3 N–H and O–H groups in total. The Bertz CT molecular complexity index is 844. The van der Waals surface area contributed by atoms with Gasteiger partial charge in [-0.05, 0) is 55.7 Å². The van der Waals surface area contributed by atoms with Gasteiger partial charge in [-0.1, -0.05) is 12.1 Å². The molecular weight excluding hydrogens is 377 g/mol. The number of para-hydroxylation sites is 2. The molecule has 1 saturated carbocycles. The zero-order valence-electron chi connectivity index (χ0n) is 16.1. The predicted molar refractivity (Wildman–Crippen MR) is 108 cm³/mol. The normalized spacial score (nSPS) is 18.4. The lowest BCUT2D eigenvalue weighted by molar-refractivity contribution is 0.0779. The Morgan fingerprint density at radius 1 is 1.03 bits per heavy atom. The number of ether oxygens (including phenoxy) is 2. The Hall–Kier alpha value is -3.29. The van der Waals surface area contributed by atoms with Crippen molar-refractivity contribution in [3.05, 3.63) is 54.3 Å². The number of amides is 3. The quantitative estimate of drug-likeness (QED) is 0.687. The van der Waals surface area contributed by atoms with E-state index in [1.54, 1.807) is 19.2 Å². The average molecular weight is 401 g/mol. The molecule has 3 amide bonds. The number of rotatable bonds is 5. The zero-order chi connectivity index (χ0) is 20.6. The minimum atomic E-state index is -0.597. The molecule has 2 aromatic carbocycles. The van der Waals surface area contributed by atoms with Crippen molar-refractivity contribution in [1.82, 2.24) is 5.32 Å². The van der Waals surface area contributed by atoms with Gasteiger partial charge in [-0.2, -0.15) is 0 Å². The van der Waals surface area contributed by atoms with E-state index in [1.807, 2.05) is 12.1 Å². The van der Waals surface area contributed by atoms with Crippen LogP contribution in [0.5, 0.6) is 5.75 Å². The van der Waals surface area contributed by atoms with Crippen molar-refractivity contribution in [2.24, 2.45) is 0 Å². The highest BCUT2D eigenvalue weighted by molar-refractivity contribution is 5.91. The highest BCUT2D eigenvalue weighted by Crippen LogP contribution is 2.24. The third-order valence-electron chi connectivity index (χ3n) is 4.68. The Labute approximate surface area is 168 Å². The van der Waals surface area contributed by atoms with Gasteiger partial charge in [0.15, 0.2) is 0 Å². The molecular formula is C21H24FN3O4. The lowest BCUT2D eigenvalue weighted by Gasteiger charge is -2.29. The first-order chi connectivity index (χ1) is 14.0. The van der Waals surface area contributed by atoms with E-state index in [9.17, 15) is 14.0 Å². The molecule has 29 heavy (non-hydrogen) atoms. The Kier molecular flexibility index (Phi) is 6.89. The average Bonchev–Trinajstić information content (AvgIpc) is 2.70. The Morgan fingerprint density at radius 2 is 1.79 bits per heavy atom. The second-order valence-electron chi connectivity index (χ2n) is 6.82. The molecule has 8 heteroatoms. The topological polar surface area (TPSA) is 88.7 Å². The number of hydrogen-bond donors (Lipinski definition) is 3. The van der Waals surface area contributed by atoms with Crippen LogP contribution in [-0.2, 0) is 4.74 Å². The first-order valence-electron chi connectivity index (χ1n) is 9.47. The summed E-state index contributed by atoms with van der Waals surface area (Å²) < 4.78 is 23.6. The number of carbonyl (C=O) groups is 2. The summed E-state index contributed by atoms with van der Waals surface area (Å²) in [5.74, 6) is 0.196. The molecule has 0 aliphatic heterocycles. The fourth-order valence-corrected chi connectivity index (χ4v) is 3.31. The second kappa shape index (κ2) is 9.77. The van der Waals surface area contributed by atoms with Crippen LogP contribution < -0.4 is 20.7 Å². The van der Waals surface area contributed by atoms with Gasteiger partial charge in [-0.25, -0.2) is 14.0 Å². The molecule has 0 heterocycles. The Morgan fingerprint density at radius 3 is 2.55 bits per heavy atom. The molecule has 0 bridgehead atoms. The van der Waals surface area contributed by atoms with Crippen molar-refractivity contribution in [2.75, 3.05) is 17.7 Å². The van der Waals surface area contributed by atoms with E-state index in [-0.39, 0.29) is 24.0 Å². The minimum absolute atomic E-state index is 0.109. The van der Waals surface area contributed by atoms with E-state index in [1.165, 1.54) is 24.3 Å². The largest absolute Gasteiger partial charge is 0.495 e. The summed E-state index contributed by atoms with van der Waals surface area (Å²) in [5, 5.41) is 8.27. The van der Waals surface area contributed by atoms with Crippen LogP contribution in [0.2, 0.25) is 0 Å². The van der Waals surface area contributed by atoms with Crippen LogP contribution in [0.15, 0.2) is 48.5 Å².